The van der Waals surface area contributed by atoms with Gasteiger partial charge in [0.05, 0.1) is 11.6 Å². The number of rotatable bonds is 7. The molecule has 0 N–H and O–H groups in total. The second-order valence-corrected chi connectivity index (χ2v) is 6.12. The monoisotopic (exact) mass is 322 g/mol. The Kier molecular flexibility index (Phi) is 4.99. The minimum absolute atomic E-state index is 0.253. The summed E-state index contributed by atoms with van der Waals surface area (Å²) in [6, 6.07) is 11.5. The van der Waals surface area contributed by atoms with E-state index in [-0.39, 0.29) is 5.63 Å². The van der Waals surface area contributed by atoms with E-state index < -0.39 is 0 Å². The molecule has 0 amide bonds. The maximum absolute atomic E-state index is 12.3. The number of unbranched alkanes of at least 4 members (excludes halogenated alkanes) is 1. The number of hydrogen-bond donors (Lipinski definition) is 0. The van der Waals surface area contributed by atoms with Gasteiger partial charge in [0, 0.05) is 18.4 Å². The third-order valence-corrected chi connectivity index (χ3v) is 4.21. The van der Waals surface area contributed by atoms with Gasteiger partial charge in [-0.25, -0.2) is 4.79 Å². The molecule has 3 heteroatoms. The van der Waals surface area contributed by atoms with Crippen LogP contribution in [0.4, 0.5) is 0 Å². The summed E-state index contributed by atoms with van der Waals surface area (Å²) in [6.07, 6.45) is 5.88. The van der Waals surface area contributed by atoms with Crippen LogP contribution in [-0.4, -0.2) is 0 Å². The number of benzene rings is 1. The van der Waals surface area contributed by atoms with Crippen LogP contribution in [0.2, 0.25) is 0 Å². The van der Waals surface area contributed by atoms with E-state index >= 15 is 0 Å². The minimum atomic E-state index is -0.253. The van der Waals surface area contributed by atoms with Crippen molar-refractivity contribution in [3.63, 3.8) is 0 Å². The Bertz CT molecular complexity index is 885. The highest BCUT2D eigenvalue weighted by molar-refractivity contribution is 5.85. The topological polar surface area (TPSA) is 43.4 Å². The van der Waals surface area contributed by atoms with Gasteiger partial charge in [-0.05, 0) is 36.4 Å². The molecule has 1 aromatic carbocycles. The van der Waals surface area contributed by atoms with Crippen molar-refractivity contribution >= 4 is 10.8 Å². The molecule has 0 spiro atoms. The molecule has 3 nitrogen and oxygen atoms in total. The van der Waals surface area contributed by atoms with Crippen LogP contribution in [0.3, 0.4) is 0 Å². The van der Waals surface area contributed by atoms with Gasteiger partial charge in [-0.15, -0.1) is 0 Å². The van der Waals surface area contributed by atoms with Crippen molar-refractivity contribution in [3.05, 3.63) is 82.3 Å². The molecule has 3 rings (SSSR count). The molecule has 0 aliphatic carbocycles. The lowest BCUT2D eigenvalue weighted by molar-refractivity contribution is 0.453. The van der Waals surface area contributed by atoms with Crippen LogP contribution in [0.5, 0.6) is 0 Å². The zero-order valence-electron chi connectivity index (χ0n) is 14.0. The number of allylic oxidation sites excluding steroid dienone is 1. The lowest BCUT2D eigenvalue weighted by atomic mass is 9.95. The van der Waals surface area contributed by atoms with Crippen LogP contribution in [-0.2, 0) is 19.3 Å². The van der Waals surface area contributed by atoms with E-state index in [0.29, 0.717) is 18.2 Å². The average Bonchev–Trinajstić information content (AvgIpc) is 3.09. The summed E-state index contributed by atoms with van der Waals surface area (Å²) in [5.74, 6) is 1.69. The Balaban J connectivity index is 1.98. The molecule has 0 aliphatic rings. The number of fused-ring (bicyclic) bond motifs is 1. The van der Waals surface area contributed by atoms with E-state index in [9.17, 15) is 4.79 Å². The fraction of sp³-hybridized carbons (Fsp3) is 0.286. The Morgan fingerprint density at radius 1 is 1.08 bits per heavy atom. The normalized spacial score (nSPS) is 11.0. The molecule has 3 aromatic rings. The minimum Gasteiger partial charge on any atom is -0.469 e. The van der Waals surface area contributed by atoms with Crippen LogP contribution in [0, 0.1) is 0 Å². The van der Waals surface area contributed by atoms with Gasteiger partial charge in [0.25, 0.3) is 0 Å². The van der Waals surface area contributed by atoms with E-state index in [0.717, 1.165) is 47.3 Å². The third kappa shape index (κ3) is 3.51. The first kappa shape index (κ1) is 16.3. The molecule has 0 atom stereocenters. The highest BCUT2D eigenvalue weighted by atomic mass is 16.4. The number of aryl methyl sites for hydroxylation is 1. The zero-order valence-corrected chi connectivity index (χ0v) is 14.0. The molecule has 2 heterocycles. The summed E-state index contributed by atoms with van der Waals surface area (Å²) in [5, 5.41) is 1.61. The summed E-state index contributed by atoms with van der Waals surface area (Å²) in [7, 11) is 0. The van der Waals surface area contributed by atoms with E-state index in [1.807, 2.05) is 36.4 Å². The summed E-state index contributed by atoms with van der Waals surface area (Å²) in [5.41, 5.74) is 1.87. The molecule has 0 fully saturated rings. The second-order valence-electron chi connectivity index (χ2n) is 6.12. The lowest BCUT2D eigenvalue weighted by Gasteiger charge is -2.12. The quantitative estimate of drug-likeness (QED) is 0.570. The zero-order chi connectivity index (χ0) is 16.9. The third-order valence-electron chi connectivity index (χ3n) is 4.21. The highest BCUT2D eigenvalue weighted by Gasteiger charge is 2.14. The maximum atomic E-state index is 12.3. The largest absolute Gasteiger partial charge is 0.469 e. The first-order valence-corrected chi connectivity index (χ1v) is 8.41. The van der Waals surface area contributed by atoms with Crippen LogP contribution in [0.1, 0.15) is 36.8 Å². The standard InChI is InChI=1S/C21H22O3/c1-3-4-11-20-19(14-15(2)13-16-8-7-12-23-16)17-9-5-6-10-18(17)21(22)24-20/h5-10,12H,2-4,11,13-14H2,1H3. The molecule has 124 valence electrons. The predicted octanol–water partition coefficient (Wildman–Crippen LogP) is 5.07. The van der Waals surface area contributed by atoms with E-state index in [1.54, 1.807) is 6.26 Å². The molecule has 0 saturated heterocycles. The Morgan fingerprint density at radius 3 is 2.58 bits per heavy atom. The highest BCUT2D eigenvalue weighted by Crippen LogP contribution is 2.25. The van der Waals surface area contributed by atoms with Gasteiger partial charge in [0.2, 0.25) is 0 Å². The van der Waals surface area contributed by atoms with Crippen LogP contribution < -0.4 is 5.63 Å². The first-order chi connectivity index (χ1) is 11.7. The van der Waals surface area contributed by atoms with Crippen molar-refractivity contribution in [2.75, 3.05) is 0 Å². The van der Waals surface area contributed by atoms with Gasteiger partial charge in [-0.3, -0.25) is 0 Å². The molecule has 0 aliphatic heterocycles. The molecule has 0 saturated carbocycles. The fourth-order valence-electron chi connectivity index (χ4n) is 3.01. The molecular formula is C21H22O3. The molecule has 0 unspecified atom stereocenters. The SMILES string of the molecule is C=C(Cc1ccco1)Cc1c(CCCC)oc(=O)c2ccccc12. The Labute approximate surface area is 141 Å². The van der Waals surface area contributed by atoms with Gasteiger partial charge in [0.1, 0.15) is 11.5 Å². The number of hydrogen-bond acceptors (Lipinski definition) is 3. The van der Waals surface area contributed by atoms with E-state index in [1.165, 1.54) is 0 Å². The predicted molar refractivity (Wildman–Crippen MR) is 96.4 cm³/mol. The average molecular weight is 322 g/mol. The Morgan fingerprint density at radius 2 is 1.88 bits per heavy atom. The number of furan rings is 1. The fourth-order valence-corrected chi connectivity index (χ4v) is 3.01. The smallest absolute Gasteiger partial charge is 0.343 e. The van der Waals surface area contributed by atoms with Crippen molar-refractivity contribution in [3.8, 4) is 0 Å². The maximum Gasteiger partial charge on any atom is 0.343 e. The molecule has 24 heavy (non-hydrogen) atoms. The van der Waals surface area contributed by atoms with Crippen molar-refractivity contribution < 1.29 is 8.83 Å². The van der Waals surface area contributed by atoms with Gasteiger partial charge in [-0.2, -0.15) is 0 Å². The summed E-state index contributed by atoms with van der Waals surface area (Å²) in [6.45, 7) is 6.33. The van der Waals surface area contributed by atoms with Gasteiger partial charge in [0.15, 0.2) is 0 Å². The van der Waals surface area contributed by atoms with Crippen molar-refractivity contribution in [2.24, 2.45) is 0 Å². The van der Waals surface area contributed by atoms with Gasteiger partial charge in [-0.1, -0.05) is 43.7 Å². The van der Waals surface area contributed by atoms with Gasteiger partial charge >= 0.3 is 5.63 Å². The molecular weight excluding hydrogens is 300 g/mol. The molecule has 0 bridgehead atoms. The van der Waals surface area contributed by atoms with E-state index in [4.69, 9.17) is 8.83 Å². The van der Waals surface area contributed by atoms with Crippen LogP contribution >= 0.6 is 0 Å². The lowest BCUT2D eigenvalue weighted by Crippen LogP contribution is -2.08. The van der Waals surface area contributed by atoms with Crippen molar-refractivity contribution in [2.45, 2.75) is 39.0 Å². The summed E-state index contributed by atoms with van der Waals surface area (Å²) in [4.78, 5) is 12.3. The van der Waals surface area contributed by atoms with Gasteiger partial charge < -0.3 is 8.83 Å². The van der Waals surface area contributed by atoms with E-state index in [2.05, 4.69) is 13.5 Å². The summed E-state index contributed by atoms with van der Waals surface area (Å²) >= 11 is 0. The van der Waals surface area contributed by atoms with Crippen molar-refractivity contribution in [1.82, 2.24) is 0 Å². The second kappa shape index (κ2) is 7.35. The van der Waals surface area contributed by atoms with Crippen molar-refractivity contribution in [1.29, 1.82) is 0 Å². The molecule has 2 aromatic heterocycles. The Hall–Kier alpha value is -2.55. The molecule has 0 radical (unpaired) electrons. The summed E-state index contributed by atoms with van der Waals surface area (Å²) < 4.78 is 11.0. The van der Waals surface area contributed by atoms with Crippen LogP contribution in [0.25, 0.3) is 10.8 Å². The first-order valence-electron chi connectivity index (χ1n) is 8.41. The van der Waals surface area contributed by atoms with Crippen LogP contribution in [0.15, 0.2) is 68.4 Å².